The van der Waals surface area contributed by atoms with Gasteiger partial charge in [-0.15, -0.1) is 0 Å². The number of guanidine groups is 1. The van der Waals surface area contributed by atoms with E-state index >= 15 is 0 Å². The summed E-state index contributed by atoms with van der Waals surface area (Å²) in [7, 11) is 1.64. The third-order valence-corrected chi connectivity index (χ3v) is 3.04. The Morgan fingerprint density at radius 3 is 2.53 bits per heavy atom. The van der Waals surface area contributed by atoms with Gasteiger partial charge in [0.05, 0.1) is 0 Å². The van der Waals surface area contributed by atoms with Crippen molar-refractivity contribution < 1.29 is 8.78 Å². The molecule has 1 unspecified atom stereocenters. The maximum absolute atomic E-state index is 13.4. The second-order valence-corrected chi connectivity index (χ2v) is 4.84. The zero-order valence-electron chi connectivity index (χ0n) is 11.8. The first-order valence-corrected chi connectivity index (χ1v) is 6.35. The lowest BCUT2D eigenvalue weighted by molar-refractivity contribution is 0.480. The van der Waals surface area contributed by atoms with Crippen LogP contribution in [0.15, 0.2) is 23.2 Å². The summed E-state index contributed by atoms with van der Waals surface area (Å²) < 4.78 is 26.5. The molecule has 1 rings (SSSR count). The first kappa shape index (κ1) is 15.4. The zero-order chi connectivity index (χ0) is 14.4. The van der Waals surface area contributed by atoms with Gasteiger partial charge in [-0.1, -0.05) is 13.8 Å². The minimum Gasteiger partial charge on any atom is -0.354 e. The van der Waals surface area contributed by atoms with Gasteiger partial charge in [-0.3, -0.25) is 4.99 Å². The van der Waals surface area contributed by atoms with E-state index in [1.165, 1.54) is 6.07 Å². The number of nitrogens with zero attached hydrogens (tertiary/aromatic N) is 1. The molecule has 0 heterocycles. The van der Waals surface area contributed by atoms with Gasteiger partial charge in [-0.05, 0) is 31.0 Å². The molecule has 0 aromatic heterocycles. The zero-order valence-corrected chi connectivity index (χ0v) is 11.8. The third-order valence-electron chi connectivity index (χ3n) is 3.04. The molecule has 1 atom stereocenters. The van der Waals surface area contributed by atoms with Crippen LogP contribution in [0.1, 0.15) is 26.3 Å². The van der Waals surface area contributed by atoms with Crippen molar-refractivity contribution in [3.05, 3.63) is 35.4 Å². The van der Waals surface area contributed by atoms with Crippen molar-refractivity contribution in [2.24, 2.45) is 10.9 Å². The number of halogens is 2. The Morgan fingerprint density at radius 2 is 1.95 bits per heavy atom. The van der Waals surface area contributed by atoms with Gasteiger partial charge < -0.3 is 10.6 Å². The summed E-state index contributed by atoms with van der Waals surface area (Å²) in [6, 6.07) is 3.65. The van der Waals surface area contributed by atoms with Crippen LogP contribution in [0.4, 0.5) is 8.78 Å². The number of hydrogen-bond donors (Lipinski definition) is 2. The number of benzene rings is 1. The Morgan fingerprint density at radius 1 is 1.26 bits per heavy atom. The van der Waals surface area contributed by atoms with Crippen LogP contribution in [0, 0.1) is 17.6 Å². The van der Waals surface area contributed by atoms with Crippen LogP contribution in [0.25, 0.3) is 0 Å². The Balaban J connectivity index is 2.61. The van der Waals surface area contributed by atoms with E-state index in [-0.39, 0.29) is 18.2 Å². The lowest BCUT2D eigenvalue weighted by Gasteiger charge is -2.20. The fraction of sp³-hybridized carbons (Fsp3) is 0.500. The first-order valence-electron chi connectivity index (χ1n) is 6.35. The molecule has 3 nitrogen and oxygen atoms in total. The summed E-state index contributed by atoms with van der Waals surface area (Å²) in [5.41, 5.74) is 0.278. The van der Waals surface area contributed by atoms with Gasteiger partial charge in [-0.2, -0.15) is 0 Å². The van der Waals surface area contributed by atoms with Gasteiger partial charge in [0.1, 0.15) is 11.6 Å². The quantitative estimate of drug-likeness (QED) is 0.651. The highest BCUT2D eigenvalue weighted by Crippen LogP contribution is 2.09. The monoisotopic (exact) mass is 269 g/mol. The van der Waals surface area contributed by atoms with Crippen LogP contribution in [0.2, 0.25) is 0 Å². The Bertz CT molecular complexity index is 444. The Hall–Kier alpha value is -1.65. The van der Waals surface area contributed by atoms with Gasteiger partial charge in [-0.25, -0.2) is 8.78 Å². The molecule has 0 amide bonds. The van der Waals surface area contributed by atoms with E-state index in [2.05, 4.69) is 29.5 Å². The van der Waals surface area contributed by atoms with Crippen molar-refractivity contribution >= 4 is 5.96 Å². The van der Waals surface area contributed by atoms with Gasteiger partial charge in [0.2, 0.25) is 0 Å². The normalized spacial score (nSPS) is 13.5. The van der Waals surface area contributed by atoms with E-state index in [1.807, 2.05) is 6.92 Å². The molecule has 0 aliphatic rings. The highest BCUT2D eigenvalue weighted by molar-refractivity contribution is 5.79. The minimum absolute atomic E-state index is 0.189. The molecular formula is C14H21F2N3. The van der Waals surface area contributed by atoms with Crippen LogP contribution in [0.5, 0.6) is 0 Å². The predicted octanol–water partition coefficient (Wildman–Crippen LogP) is 2.67. The van der Waals surface area contributed by atoms with Crippen molar-refractivity contribution in [2.45, 2.75) is 33.4 Å². The maximum atomic E-state index is 13.4. The van der Waals surface area contributed by atoms with E-state index in [0.29, 0.717) is 11.9 Å². The van der Waals surface area contributed by atoms with Crippen LogP contribution < -0.4 is 10.6 Å². The fourth-order valence-corrected chi connectivity index (χ4v) is 1.43. The number of aliphatic imine (C=N–C) groups is 1. The molecule has 19 heavy (non-hydrogen) atoms. The number of rotatable bonds is 4. The van der Waals surface area contributed by atoms with E-state index in [9.17, 15) is 8.78 Å². The molecule has 0 saturated carbocycles. The van der Waals surface area contributed by atoms with Gasteiger partial charge in [0.15, 0.2) is 5.96 Å². The maximum Gasteiger partial charge on any atom is 0.191 e. The third kappa shape index (κ3) is 4.85. The second-order valence-electron chi connectivity index (χ2n) is 4.84. The Labute approximate surface area is 113 Å². The molecule has 0 aliphatic heterocycles. The SMILES string of the molecule is CN=C(NCc1cc(F)ccc1F)NC(C)C(C)C. The molecule has 0 saturated heterocycles. The second kappa shape index (κ2) is 7.07. The summed E-state index contributed by atoms with van der Waals surface area (Å²) in [6.07, 6.45) is 0. The van der Waals surface area contributed by atoms with E-state index in [4.69, 9.17) is 0 Å². The topological polar surface area (TPSA) is 36.4 Å². The van der Waals surface area contributed by atoms with E-state index in [1.54, 1.807) is 7.05 Å². The molecule has 0 aliphatic carbocycles. The molecule has 2 N–H and O–H groups in total. The standard InChI is InChI=1S/C14H21F2N3/c1-9(2)10(3)19-14(17-4)18-8-11-7-12(15)5-6-13(11)16/h5-7,9-10H,8H2,1-4H3,(H2,17,18,19). The minimum atomic E-state index is -0.448. The highest BCUT2D eigenvalue weighted by atomic mass is 19.1. The number of nitrogens with one attached hydrogen (secondary N) is 2. The van der Waals surface area contributed by atoms with Gasteiger partial charge in [0.25, 0.3) is 0 Å². The largest absolute Gasteiger partial charge is 0.354 e. The molecule has 1 aromatic carbocycles. The van der Waals surface area contributed by atoms with Gasteiger partial charge in [0, 0.05) is 25.2 Å². The predicted molar refractivity (Wildman–Crippen MR) is 74.0 cm³/mol. The molecule has 0 radical (unpaired) electrons. The first-order chi connectivity index (χ1) is 8.93. The lowest BCUT2D eigenvalue weighted by Crippen LogP contribution is -2.44. The van der Waals surface area contributed by atoms with Crippen molar-refractivity contribution in [3.8, 4) is 0 Å². The van der Waals surface area contributed by atoms with Crippen molar-refractivity contribution in [2.75, 3.05) is 7.05 Å². The lowest BCUT2D eigenvalue weighted by atomic mass is 10.1. The molecule has 0 fully saturated rings. The molecule has 5 heteroatoms. The van der Waals surface area contributed by atoms with Crippen molar-refractivity contribution in [1.82, 2.24) is 10.6 Å². The van der Waals surface area contributed by atoms with E-state index in [0.717, 1.165) is 12.1 Å². The molecule has 1 aromatic rings. The molecular weight excluding hydrogens is 248 g/mol. The van der Waals surface area contributed by atoms with Crippen molar-refractivity contribution in [3.63, 3.8) is 0 Å². The van der Waals surface area contributed by atoms with Crippen LogP contribution >= 0.6 is 0 Å². The summed E-state index contributed by atoms with van der Waals surface area (Å²) in [5, 5.41) is 6.16. The summed E-state index contributed by atoms with van der Waals surface area (Å²) >= 11 is 0. The molecule has 0 spiro atoms. The molecule has 106 valence electrons. The average molecular weight is 269 g/mol. The number of hydrogen-bond acceptors (Lipinski definition) is 1. The van der Waals surface area contributed by atoms with Crippen LogP contribution in [0.3, 0.4) is 0 Å². The smallest absolute Gasteiger partial charge is 0.191 e. The fourth-order valence-electron chi connectivity index (χ4n) is 1.43. The Kier molecular flexibility index (Phi) is 5.73. The van der Waals surface area contributed by atoms with Crippen LogP contribution in [-0.2, 0) is 6.54 Å². The summed E-state index contributed by atoms with van der Waals surface area (Å²) in [5.74, 6) is 0.146. The summed E-state index contributed by atoms with van der Waals surface area (Å²) in [4.78, 5) is 4.06. The average Bonchev–Trinajstić information content (AvgIpc) is 2.37. The van der Waals surface area contributed by atoms with Crippen LogP contribution in [-0.4, -0.2) is 19.0 Å². The van der Waals surface area contributed by atoms with Crippen molar-refractivity contribution in [1.29, 1.82) is 0 Å². The van der Waals surface area contributed by atoms with E-state index < -0.39 is 11.6 Å². The molecule has 0 bridgehead atoms. The van der Waals surface area contributed by atoms with Gasteiger partial charge >= 0.3 is 0 Å². The summed E-state index contributed by atoms with van der Waals surface area (Å²) in [6.45, 7) is 6.42. The highest BCUT2D eigenvalue weighted by Gasteiger charge is 2.10.